The molecule has 2 aliphatic carbocycles. The van der Waals surface area contributed by atoms with Gasteiger partial charge in [0, 0.05) is 33.1 Å². The van der Waals surface area contributed by atoms with Crippen molar-refractivity contribution in [3.63, 3.8) is 0 Å². The molecule has 4 nitrogen and oxygen atoms in total. The summed E-state index contributed by atoms with van der Waals surface area (Å²) in [5, 5.41) is 11.7. The molecule has 1 saturated heterocycles. The van der Waals surface area contributed by atoms with Crippen LogP contribution in [0.3, 0.4) is 0 Å². The number of fused-ring (bicyclic) bond motifs is 1. The summed E-state index contributed by atoms with van der Waals surface area (Å²) in [5.74, 6) is -0.00872. The fraction of sp³-hybridized carbons (Fsp3) is 0.810. The lowest BCUT2D eigenvalue weighted by Gasteiger charge is -2.51. The number of allylic oxidation sites excluding steroid dienone is 1. The molecule has 4 heteroatoms. The van der Waals surface area contributed by atoms with Crippen molar-refractivity contribution in [2.24, 2.45) is 11.8 Å². The molecule has 0 spiro atoms. The van der Waals surface area contributed by atoms with Gasteiger partial charge in [-0.25, -0.2) is 13.1 Å². The molecule has 6 atom stereocenters. The van der Waals surface area contributed by atoms with Crippen LogP contribution < -0.4 is 0 Å². The van der Waals surface area contributed by atoms with E-state index in [-0.39, 0.29) is 24.0 Å². The number of hydrogen-bond acceptors (Lipinski definition) is 2. The topological polar surface area (TPSA) is 38.2 Å². The number of nitrogens with zero attached hydrogens (tertiary/aromatic N) is 2. The molecule has 1 saturated carbocycles. The van der Waals surface area contributed by atoms with Crippen molar-refractivity contribution >= 4 is 0 Å². The first-order valence-corrected chi connectivity index (χ1v) is 9.49. The van der Waals surface area contributed by atoms with Crippen molar-refractivity contribution in [1.29, 1.82) is 0 Å². The lowest BCUT2D eigenvalue weighted by Crippen LogP contribution is -2.60. The van der Waals surface area contributed by atoms with E-state index >= 15 is 0 Å². The van der Waals surface area contributed by atoms with Gasteiger partial charge in [0.2, 0.25) is 5.54 Å². The zero-order valence-corrected chi connectivity index (χ0v) is 15.9. The second-order valence-electron chi connectivity index (χ2n) is 9.09. The van der Waals surface area contributed by atoms with E-state index in [0.717, 1.165) is 38.5 Å². The summed E-state index contributed by atoms with van der Waals surface area (Å²) in [4.78, 5) is 7.68. The highest BCUT2D eigenvalue weighted by atomic mass is 16.5. The molecule has 3 rings (SSSR count). The van der Waals surface area contributed by atoms with E-state index in [1.54, 1.807) is 0 Å². The zero-order valence-electron chi connectivity index (χ0n) is 15.9. The molecule has 0 unspecified atom stereocenters. The maximum Gasteiger partial charge on any atom is 0.252 e. The Bertz CT molecular complexity index is 656. The molecule has 3 aliphatic rings. The van der Waals surface area contributed by atoms with Crippen molar-refractivity contribution in [3.05, 3.63) is 34.5 Å². The van der Waals surface area contributed by atoms with Crippen LogP contribution in [-0.4, -0.2) is 34.0 Å². The van der Waals surface area contributed by atoms with E-state index in [1.165, 1.54) is 5.57 Å². The van der Waals surface area contributed by atoms with Gasteiger partial charge in [0.25, 0.3) is 5.54 Å². The van der Waals surface area contributed by atoms with E-state index in [9.17, 15) is 5.11 Å². The maximum absolute atomic E-state index is 11.7. The Morgan fingerprint density at radius 1 is 1.24 bits per heavy atom. The third-order valence-corrected chi connectivity index (χ3v) is 7.00. The minimum atomic E-state index is -0.957. The van der Waals surface area contributed by atoms with Crippen LogP contribution in [0.5, 0.6) is 0 Å². The zero-order chi connectivity index (χ0) is 18.5. The smallest absolute Gasteiger partial charge is 0.252 e. The molecular formula is C21H30N2O2. The predicted octanol–water partition coefficient (Wildman–Crippen LogP) is 4.41. The molecule has 1 heterocycles. The van der Waals surface area contributed by atoms with Gasteiger partial charge in [-0.15, -0.1) is 0 Å². The van der Waals surface area contributed by atoms with Gasteiger partial charge in [-0.1, -0.05) is 11.6 Å². The fourth-order valence-corrected chi connectivity index (χ4v) is 5.37. The van der Waals surface area contributed by atoms with Crippen LogP contribution in [0.15, 0.2) is 11.6 Å². The Balaban J connectivity index is 1.89. The average Bonchev–Trinajstić information content (AvgIpc) is 3.04. The summed E-state index contributed by atoms with van der Waals surface area (Å²) in [5.41, 5.74) is -0.749. The maximum atomic E-state index is 11.7. The van der Waals surface area contributed by atoms with Crippen molar-refractivity contribution in [3.8, 4) is 0 Å². The van der Waals surface area contributed by atoms with Gasteiger partial charge in [-0.2, -0.15) is 0 Å². The quantitative estimate of drug-likeness (QED) is 0.596. The van der Waals surface area contributed by atoms with Crippen LogP contribution in [0.1, 0.15) is 66.2 Å². The number of hydrogen-bond donors (Lipinski definition) is 1. The molecule has 0 radical (unpaired) electrons. The molecule has 2 fully saturated rings. The number of aliphatic hydroxyl groups is 1. The second kappa shape index (κ2) is 6.11. The average molecular weight is 342 g/mol. The van der Waals surface area contributed by atoms with E-state index in [4.69, 9.17) is 17.9 Å². The molecule has 25 heavy (non-hydrogen) atoms. The molecule has 0 aromatic rings. The van der Waals surface area contributed by atoms with Crippen molar-refractivity contribution < 1.29 is 9.84 Å². The lowest BCUT2D eigenvalue weighted by atomic mass is 9.55. The molecule has 1 aliphatic heterocycles. The Kier molecular flexibility index (Phi) is 4.51. The highest BCUT2D eigenvalue weighted by Crippen LogP contribution is 2.54. The van der Waals surface area contributed by atoms with E-state index in [1.807, 2.05) is 26.8 Å². The lowest BCUT2D eigenvalue weighted by molar-refractivity contribution is -0.137. The molecule has 0 aromatic carbocycles. The SMILES string of the molecule is [C-]#[N+]C(C)(C)[C@@H]1CC[C@H]([C@H]2CC[C@](C)([N+]#[C-])[C@@H]3CCC(C)=C[C@]23O)O1. The molecule has 0 amide bonds. The van der Waals surface area contributed by atoms with E-state index < -0.39 is 16.7 Å². The summed E-state index contributed by atoms with van der Waals surface area (Å²) < 4.78 is 6.33. The van der Waals surface area contributed by atoms with Gasteiger partial charge in [0.15, 0.2) is 0 Å². The summed E-state index contributed by atoms with van der Waals surface area (Å²) in [6, 6.07) is 0. The van der Waals surface area contributed by atoms with Gasteiger partial charge < -0.3 is 19.5 Å². The van der Waals surface area contributed by atoms with Gasteiger partial charge in [-0.3, -0.25) is 0 Å². The van der Waals surface area contributed by atoms with E-state index in [0.29, 0.717) is 0 Å². The van der Waals surface area contributed by atoms with Crippen molar-refractivity contribution in [2.75, 3.05) is 0 Å². The van der Waals surface area contributed by atoms with Crippen LogP contribution in [0.4, 0.5) is 0 Å². The third-order valence-electron chi connectivity index (χ3n) is 7.00. The first-order valence-electron chi connectivity index (χ1n) is 9.49. The predicted molar refractivity (Wildman–Crippen MR) is 97.7 cm³/mol. The minimum absolute atomic E-state index is 0.0176. The summed E-state index contributed by atoms with van der Waals surface area (Å²) >= 11 is 0. The highest BCUT2D eigenvalue weighted by molar-refractivity contribution is 5.26. The summed E-state index contributed by atoms with van der Waals surface area (Å²) in [7, 11) is 0. The molecule has 0 bridgehead atoms. The molecular weight excluding hydrogens is 312 g/mol. The summed E-state index contributed by atoms with van der Waals surface area (Å²) in [6.45, 7) is 23.1. The monoisotopic (exact) mass is 342 g/mol. The third kappa shape index (κ3) is 2.90. The second-order valence-corrected chi connectivity index (χ2v) is 9.09. The van der Waals surface area contributed by atoms with Crippen molar-refractivity contribution in [2.45, 2.75) is 95.1 Å². The first-order chi connectivity index (χ1) is 11.7. The summed E-state index contributed by atoms with van der Waals surface area (Å²) in [6.07, 6.45) is 7.18. The molecule has 1 N–H and O–H groups in total. The fourth-order valence-electron chi connectivity index (χ4n) is 5.37. The van der Waals surface area contributed by atoms with Gasteiger partial charge in [-0.05, 0) is 39.0 Å². The van der Waals surface area contributed by atoms with Crippen LogP contribution in [-0.2, 0) is 4.74 Å². The van der Waals surface area contributed by atoms with Gasteiger partial charge in [0.1, 0.15) is 6.10 Å². The van der Waals surface area contributed by atoms with Gasteiger partial charge in [0.05, 0.1) is 17.6 Å². The Hall–Kier alpha value is -1.36. The number of rotatable bonds is 2. The number of ether oxygens (including phenoxy) is 1. The Labute approximate surface area is 151 Å². The minimum Gasteiger partial charge on any atom is -0.385 e. The molecule has 136 valence electrons. The highest BCUT2D eigenvalue weighted by Gasteiger charge is 2.62. The van der Waals surface area contributed by atoms with Gasteiger partial charge >= 0.3 is 0 Å². The van der Waals surface area contributed by atoms with Crippen LogP contribution >= 0.6 is 0 Å². The largest absolute Gasteiger partial charge is 0.385 e. The standard InChI is InChI=1S/C21H30N2O2/c1-14-7-9-17-20(4,23-6)12-11-15(21(17,24)13-14)16-8-10-18(25-16)19(2,3)22-5/h13,15-18,24H,7-12H2,1-4H3/t15-,16-,17+,18+,20+,21+/m1/s1. The Morgan fingerprint density at radius 3 is 2.60 bits per heavy atom. The van der Waals surface area contributed by atoms with Crippen LogP contribution in [0.25, 0.3) is 9.69 Å². The van der Waals surface area contributed by atoms with Crippen molar-refractivity contribution in [1.82, 2.24) is 0 Å². The Morgan fingerprint density at radius 2 is 1.96 bits per heavy atom. The molecule has 0 aromatic heterocycles. The first kappa shape index (κ1) is 18.4. The van der Waals surface area contributed by atoms with Crippen LogP contribution in [0, 0.1) is 25.0 Å². The normalized spacial score (nSPS) is 44.4. The van der Waals surface area contributed by atoms with Crippen LogP contribution in [0.2, 0.25) is 0 Å². The van der Waals surface area contributed by atoms with E-state index in [2.05, 4.69) is 16.6 Å².